The SMILES string of the molecule is Cc1c(Cl)cccc1NC(=O)N1CCn2cccc2[C@@H]1C(C)C. The van der Waals surface area contributed by atoms with Gasteiger partial charge in [-0.3, -0.25) is 0 Å². The summed E-state index contributed by atoms with van der Waals surface area (Å²) in [6, 6.07) is 9.74. The monoisotopic (exact) mass is 331 g/mol. The van der Waals surface area contributed by atoms with Crippen molar-refractivity contribution in [2.75, 3.05) is 11.9 Å². The van der Waals surface area contributed by atoms with Crippen LogP contribution in [0.3, 0.4) is 0 Å². The topological polar surface area (TPSA) is 37.3 Å². The minimum atomic E-state index is -0.0680. The normalized spacial score (nSPS) is 17.3. The number of nitrogens with zero attached hydrogens (tertiary/aromatic N) is 2. The Hall–Kier alpha value is -1.94. The van der Waals surface area contributed by atoms with Crippen LogP contribution in [0.15, 0.2) is 36.5 Å². The van der Waals surface area contributed by atoms with Crippen LogP contribution in [0.4, 0.5) is 10.5 Å². The predicted molar refractivity (Wildman–Crippen MR) is 93.9 cm³/mol. The first-order valence-electron chi connectivity index (χ1n) is 7.97. The lowest BCUT2D eigenvalue weighted by Crippen LogP contribution is -2.45. The first-order chi connectivity index (χ1) is 11.0. The molecular formula is C18H22ClN3O. The van der Waals surface area contributed by atoms with Gasteiger partial charge in [-0.15, -0.1) is 0 Å². The van der Waals surface area contributed by atoms with Crippen molar-refractivity contribution >= 4 is 23.3 Å². The average Bonchev–Trinajstić information content (AvgIpc) is 2.98. The molecule has 3 rings (SSSR count). The van der Waals surface area contributed by atoms with Crippen molar-refractivity contribution in [2.24, 2.45) is 5.92 Å². The second-order valence-electron chi connectivity index (χ2n) is 6.35. The molecule has 5 heteroatoms. The van der Waals surface area contributed by atoms with Gasteiger partial charge in [0.25, 0.3) is 0 Å². The van der Waals surface area contributed by atoms with Gasteiger partial charge < -0.3 is 14.8 Å². The molecule has 4 nitrogen and oxygen atoms in total. The van der Waals surface area contributed by atoms with Gasteiger partial charge in [0.1, 0.15) is 0 Å². The summed E-state index contributed by atoms with van der Waals surface area (Å²) in [6.45, 7) is 7.75. The van der Waals surface area contributed by atoms with Crippen molar-refractivity contribution in [1.82, 2.24) is 9.47 Å². The van der Waals surface area contributed by atoms with Crippen molar-refractivity contribution in [3.63, 3.8) is 0 Å². The smallest absolute Gasteiger partial charge is 0.322 e. The minimum Gasteiger partial charge on any atom is -0.348 e. The maximum Gasteiger partial charge on any atom is 0.322 e. The van der Waals surface area contributed by atoms with E-state index >= 15 is 0 Å². The number of hydrogen-bond acceptors (Lipinski definition) is 1. The fourth-order valence-electron chi connectivity index (χ4n) is 3.27. The summed E-state index contributed by atoms with van der Waals surface area (Å²) < 4.78 is 2.24. The fraction of sp³-hybridized carbons (Fsp3) is 0.389. The summed E-state index contributed by atoms with van der Waals surface area (Å²) in [5.74, 6) is 0.343. The molecular weight excluding hydrogens is 310 g/mol. The van der Waals surface area contributed by atoms with Crippen molar-refractivity contribution in [3.05, 3.63) is 52.8 Å². The van der Waals surface area contributed by atoms with Crippen LogP contribution in [0.1, 0.15) is 31.1 Å². The fourth-order valence-corrected chi connectivity index (χ4v) is 3.45. The number of nitrogens with one attached hydrogen (secondary N) is 1. The molecule has 2 aromatic rings. The molecule has 23 heavy (non-hydrogen) atoms. The Labute approximate surface area is 142 Å². The van der Waals surface area contributed by atoms with E-state index in [2.05, 4.69) is 36.0 Å². The quantitative estimate of drug-likeness (QED) is 0.851. The Kier molecular flexibility index (Phi) is 4.35. The van der Waals surface area contributed by atoms with Crippen LogP contribution in [-0.2, 0) is 6.54 Å². The van der Waals surface area contributed by atoms with Gasteiger partial charge in [-0.1, -0.05) is 31.5 Å². The molecule has 0 radical (unpaired) electrons. The van der Waals surface area contributed by atoms with Crippen molar-refractivity contribution < 1.29 is 4.79 Å². The summed E-state index contributed by atoms with van der Waals surface area (Å²) >= 11 is 6.15. The van der Waals surface area contributed by atoms with Crippen LogP contribution >= 0.6 is 11.6 Å². The Morgan fingerprint density at radius 2 is 2.04 bits per heavy atom. The highest BCUT2D eigenvalue weighted by atomic mass is 35.5. The van der Waals surface area contributed by atoms with Gasteiger partial charge in [0.05, 0.1) is 6.04 Å². The minimum absolute atomic E-state index is 0.0680. The molecule has 0 spiro atoms. The maximum absolute atomic E-state index is 12.8. The molecule has 0 aliphatic carbocycles. The summed E-state index contributed by atoms with van der Waals surface area (Å²) in [4.78, 5) is 14.8. The lowest BCUT2D eigenvalue weighted by atomic mass is 9.97. The third-order valence-electron chi connectivity index (χ3n) is 4.49. The van der Waals surface area contributed by atoms with Gasteiger partial charge in [-0.05, 0) is 42.7 Å². The average molecular weight is 332 g/mol. The van der Waals surface area contributed by atoms with E-state index in [0.717, 1.165) is 17.8 Å². The van der Waals surface area contributed by atoms with Crippen LogP contribution < -0.4 is 5.32 Å². The van der Waals surface area contributed by atoms with Gasteiger partial charge in [0.2, 0.25) is 0 Å². The van der Waals surface area contributed by atoms with E-state index < -0.39 is 0 Å². The molecule has 2 heterocycles. The van der Waals surface area contributed by atoms with E-state index in [4.69, 9.17) is 11.6 Å². The highest BCUT2D eigenvalue weighted by molar-refractivity contribution is 6.31. The third-order valence-corrected chi connectivity index (χ3v) is 4.90. The molecule has 1 aromatic heterocycles. The lowest BCUT2D eigenvalue weighted by Gasteiger charge is -2.39. The number of halogens is 1. The zero-order valence-electron chi connectivity index (χ0n) is 13.7. The first-order valence-corrected chi connectivity index (χ1v) is 8.34. The van der Waals surface area contributed by atoms with E-state index in [1.54, 1.807) is 0 Å². The molecule has 1 aliphatic rings. The molecule has 0 unspecified atom stereocenters. The van der Waals surface area contributed by atoms with Crippen molar-refractivity contribution in [1.29, 1.82) is 0 Å². The van der Waals surface area contributed by atoms with Gasteiger partial charge in [-0.25, -0.2) is 4.79 Å². The number of fused-ring (bicyclic) bond motifs is 1. The van der Waals surface area contributed by atoms with E-state index in [9.17, 15) is 4.79 Å². The zero-order valence-corrected chi connectivity index (χ0v) is 14.5. The van der Waals surface area contributed by atoms with Gasteiger partial charge in [0, 0.05) is 35.7 Å². The number of benzene rings is 1. The molecule has 1 N–H and O–H groups in total. The number of carbonyl (C=O) groups excluding carboxylic acids is 1. The molecule has 1 aliphatic heterocycles. The van der Waals surface area contributed by atoms with Crippen LogP contribution in [0.25, 0.3) is 0 Å². The largest absolute Gasteiger partial charge is 0.348 e. The van der Waals surface area contributed by atoms with Gasteiger partial charge in [-0.2, -0.15) is 0 Å². The molecule has 0 fully saturated rings. The number of anilines is 1. The second-order valence-corrected chi connectivity index (χ2v) is 6.76. The van der Waals surface area contributed by atoms with Gasteiger partial charge >= 0.3 is 6.03 Å². The first kappa shape index (κ1) is 15.9. The van der Waals surface area contributed by atoms with E-state index in [1.807, 2.05) is 36.1 Å². The highest BCUT2D eigenvalue weighted by Crippen LogP contribution is 2.33. The van der Waals surface area contributed by atoms with Crippen LogP contribution in [0.5, 0.6) is 0 Å². The molecule has 1 atom stereocenters. The molecule has 2 amide bonds. The number of amides is 2. The molecule has 0 saturated carbocycles. The molecule has 0 saturated heterocycles. The summed E-state index contributed by atoms with van der Waals surface area (Å²) in [7, 11) is 0. The predicted octanol–water partition coefficient (Wildman–Crippen LogP) is 4.69. The Morgan fingerprint density at radius 1 is 1.26 bits per heavy atom. The van der Waals surface area contributed by atoms with Crippen molar-refractivity contribution in [2.45, 2.75) is 33.4 Å². The Morgan fingerprint density at radius 3 is 2.78 bits per heavy atom. The highest BCUT2D eigenvalue weighted by Gasteiger charge is 2.33. The van der Waals surface area contributed by atoms with Crippen LogP contribution in [0, 0.1) is 12.8 Å². The number of urea groups is 1. The molecule has 0 bridgehead atoms. The molecule has 122 valence electrons. The number of hydrogen-bond donors (Lipinski definition) is 1. The summed E-state index contributed by atoms with van der Waals surface area (Å²) in [6.07, 6.45) is 2.08. The summed E-state index contributed by atoms with van der Waals surface area (Å²) in [5, 5.41) is 3.68. The second kappa shape index (κ2) is 6.28. The molecule has 1 aromatic carbocycles. The van der Waals surface area contributed by atoms with E-state index in [-0.39, 0.29) is 12.1 Å². The number of carbonyl (C=O) groups is 1. The lowest BCUT2D eigenvalue weighted by molar-refractivity contribution is 0.144. The van der Waals surface area contributed by atoms with Crippen LogP contribution in [0.2, 0.25) is 5.02 Å². The van der Waals surface area contributed by atoms with Crippen LogP contribution in [-0.4, -0.2) is 22.0 Å². The number of aromatic nitrogens is 1. The van der Waals surface area contributed by atoms with Crippen molar-refractivity contribution in [3.8, 4) is 0 Å². The van der Waals surface area contributed by atoms with E-state index in [1.165, 1.54) is 5.69 Å². The summed E-state index contributed by atoms with van der Waals surface area (Å²) in [5.41, 5.74) is 2.86. The van der Waals surface area contributed by atoms with Gasteiger partial charge in [0.15, 0.2) is 0 Å². The standard InChI is InChI=1S/C18H22ClN3O/c1-12(2)17-16-8-5-9-21(16)10-11-22(17)18(23)20-15-7-4-6-14(19)13(15)3/h4-9,12,17H,10-11H2,1-3H3,(H,20,23)/t17-/m0/s1. The zero-order chi connectivity index (χ0) is 16.6. The van der Waals surface area contributed by atoms with E-state index in [0.29, 0.717) is 17.5 Å². The third kappa shape index (κ3) is 2.95. The number of rotatable bonds is 2. The Balaban J connectivity index is 1.86. The Bertz CT molecular complexity index is 723. The maximum atomic E-state index is 12.8.